The van der Waals surface area contributed by atoms with E-state index in [2.05, 4.69) is 33.8 Å². The minimum absolute atomic E-state index is 0. The first-order valence-corrected chi connectivity index (χ1v) is 37.9. The molecule has 0 saturated heterocycles. The maximum Gasteiger partial charge on any atom is 1.00 e. The van der Waals surface area contributed by atoms with Gasteiger partial charge in [-0.2, -0.15) is 16.2 Å². The normalized spacial score (nSPS) is 50.5. The van der Waals surface area contributed by atoms with Crippen LogP contribution in [0.15, 0.2) is 11.6 Å². The van der Waals surface area contributed by atoms with Crippen LogP contribution in [-0.2, 0) is 14.3 Å². The molecule has 15 saturated carbocycles. The Kier molecular flexibility index (Phi) is 35.1. The molecule has 540 valence electrons. The minimum Gasteiger partial charge on any atom is -0.870 e. The molecule has 0 aromatic rings. The van der Waals surface area contributed by atoms with Gasteiger partial charge in [0.2, 0.25) is 6.04 Å². The average Bonchev–Trinajstić information content (AvgIpc) is 1.38. The van der Waals surface area contributed by atoms with Gasteiger partial charge in [0.1, 0.15) is 12.4 Å². The molecule has 15 nitrogen and oxygen atoms in total. The molecule has 16 aliphatic rings. The fourth-order valence-corrected chi connectivity index (χ4v) is 28.5. The summed E-state index contributed by atoms with van der Waals surface area (Å²) >= 11 is 0. The van der Waals surface area contributed by atoms with E-state index in [0.29, 0.717) is 82.4 Å². The van der Waals surface area contributed by atoms with Crippen molar-refractivity contribution in [2.45, 2.75) is 289 Å². The number of hydrogen-bond donors (Lipinski definition) is 5. The second-order valence-electron chi connectivity index (χ2n) is 36.3. The van der Waals surface area contributed by atoms with Crippen molar-refractivity contribution in [1.82, 2.24) is 0 Å². The molecule has 0 aliphatic heterocycles. The summed E-state index contributed by atoms with van der Waals surface area (Å²) in [5.74, 6) is 10.6. The van der Waals surface area contributed by atoms with E-state index in [1.165, 1.54) is 82.6 Å². The molecule has 0 aromatic carbocycles. The summed E-state index contributed by atoms with van der Waals surface area (Å²) in [7, 11) is 1.90. The minimum atomic E-state index is -0.333. The Labute approximate surface area is 787 Å². The third-order valence-electron chi connectivity index (χ3n) is 33.5. The van der Waals surface area contributed by atoms with Gasteiger partial charge in [-0.1, -0.05) is 151 Å². The van der Waals surface area contributed by atoms with Crippen molar-refractivity contribution in [2.24, 2.45) is 138 Å². The van der Waals surface area contributed by atoms with Crippen LogP contribution in [0.5, 0.6) is 0 Å². The van der Waals surface area contributed by atoms with E-state index >= 15 is 0 Å². The van der Waals surface area contributed by atoms with Crippen LogP contribution in [0.1, 0.15) is 252 Å². The number of fused-ring (bicyclic) bond motifs is 20. The summed E-state index contributed by atoms with van der Waals surface area (Å²) in [5.41, 5.74) is 2.42. The van der Waals surface area contributed by atoms with Crippen molar-refractivity contribution in [3.8, 4) is 0 Å². The number of aliphatic hydroxyl groups excluding tert-OH is 5. The van der Waals surface area contributed by atoms with Gasteiger partial charge in [-0.15, -0.1) is 5.41 Å². The maximum atomic E-state index is 12.4. The van der Waals surface area contributed by atoms with E-state index < -0.39 is 0 Å². The van der Waals surface area contributed by atoms with E-state index in [1.54, 1.807) is 0 Å². The Morgan fingerprint density at radius 3 is 1.43 bits per heavy atom. The first kappa shape index (κ1) is 93.9. The van der Waals surface area contributed by atoms with Gasteiger partial charge in [-0.05, 0) is 199 Å². The van der Waals surface area contributed by atoms with Gasteiger partial charge in [-0.25, -0.2) is 0 Å². The number of carbonyl (C=O) groups excluding carboxylic acids is 2. The van der Waals surface area contributed by atoms with Crippen molar-refractivity contribution < 1.29 is 299 Å². The second kappa shape index (κ2) is 36.6. The molecule has 0 unspecified atom stereocenters. The van der Waals surface area contributed by atoms with Gasteiger partial charge < -0.3 is 79.9 Å². The first-order chi connectivity index (χ1) is 42.7. The predicted molar refractivity (Wildman–Crippen MR) is 360 cm³/mol. The summed E-state index contributed by atoms with van der Waals surface area (Å²) in [5, 5.41) is 61.1. The second-order valence-corrected chi connectivity index (χ2v) is 36.3. The predicted octanol–water partition coefficient (Wildman–Crippen LogP) is 2.45. The first-order valence-electron chi connectivity index (χ1n) is 37.9. The van der Waals surface area contributed by atoms with Gasteiger partial charge in [0, 0.05) is 41.6 Å². The summed E-state index contributed by atoms with van der Waals surface area (Å²) < 4.78 is 5.85. The quantitative estimate of drug-likeness (QED) is 0.117. The molecule has 0 heterocycles. The van der Waals surface area contributed by atoms with Crippen LogP contribution in [0.4, 0.5) is 0 Å². The summed E-state index contributed by atoms with van der Waals surface area (Å²) in [6.07, 6.45) is 40.3. The molecular weight excluding hydrogens is 1530 g/mol. The van der Waals surface area contributed by atoms with Crippen molar-refractivity contribution in [1.29, 1.82) is 0 Å². The fraction of sp³-hybridized carbons (Fsp3) is 0.899. The van der Waals surface area contributed by atoms with Crippen LogP contribution < -0.4 is 233 Å². The largest absolute Gasteiger partial charge is 1.00 e. The van der Waals surface area contributed by atoms with E-state index in [0.717, 1.165) is 171 Å². The Balaban J connectivity index is 0.000000230. The molecule has 9 N–H and O–H groups in total. The van der Waals surface area contributed by atoms with Crippen LogP contribution >= 0.6 is 0 Å². The van der Waals surface area contributed by atoms with E-state index in [-0.39, 0.29) is 346 Å². The van der Waals surface area contributed by atoms with Crippen molar-refractivity contribution in [3.05, 3.63) is 49.5 Å². The zero-order valence-electron chi connectivity index (χ0n) is 62.6. The van der Waals surface area contributed by atoms with Gasteiger partial charge in [-0.3, -0.25) is 19.7 Å². The molecule has 16 aliphatic carbocycles. The number of methoxy groups -OCH3 is 1. The smallest absolute Gasteiger partial charge is 0.870 e. The number of ketones is 2. The Hall–Kier alpha value is 5.30. The third-order valence-corrected chi connectivity index (χ3v) is 33.5. The number of ether oxygens (including phenoxy) is 1. The van der Waals surface area contributed by atoms with Crippen LogP contribution in [0.3, 0.4) is 0 Å². The number of aliphatic hydroxyl groups is 5. The summed E-state index contributed by atoms with van der Waals surface area (Å²) in [6, 6.07) is -0.333. The summed E-state index contributed by atoms with van der Waals surface area (Å²) in [6.45, 7) is 27.9. The maximum absolute atomic E-state index is 12.4. The number of hydrogen-bond acceptors (Lipinski definition) is 14. The zero-order valence-corrected chi connectivity index (χ0v) is 82.2. The Bertz CT molecular complexity index is 2710. The van der Waals surface area contributed by atoms with Crippen molar-refractivity contribution in [3.63, 3.8) is 0 Å². The molecule has 15 fully saturated rings. The molecule has 0 radical (unpaired) electrons. The van der Waals surface area contributed by atoms with Crippen LogP contribution in [0.2, 0.25) is 0 Å². The number of carbonyl (C=O) groups is 2. The van der Waals surface area contributed by atoms with E-state index in [1.807, 2.05) is 7.11 Å². The van der Waals surface area contributed by atoms with Gasteiger partial charge in [0.15, 0.2) is 5.78 Å². The van der Waals surface area contributed by atoms with Gasteiger partial charge >= 0.3 is 233 Å². The monoisotopic (exact) mass is 1650 g/mol. The van der Waals surface area contributed by atoms with Crippen LogP contribution in [0, 0.1) is 176 Å². The van der Waals surface area contributed by atoms with E-state index in [9.17, 15) is 45.2 Å². The van der Waals surface area contributed by atoms with E-state index in [4.69, 9.17) is 32.4 Å². The third kappa shape index (κ3) is 16.4. The number of allylic oxidation sites excluding steroid dienone is 1. The number of nitro groups is 1. The van der Waals surface area contributed by atoms with Crippen LogP contribution in [-0.4, -0.2) is 114 Å². The molecule has 0 amide bonds. The van der Waals surface area contributed by atoms with Gasteiger partial charge in [0.25, 0.3) is 0 Å². The summed E-state index contributed by atoms with van der Waals surface area (Å²) in [4.78, 5) is 36.2. The average molecular weight is 1660 g/mol. The fourth-order valence-electron chi connectivity index (χ4n) is 28.5. The van der Waals surface area contributed by atoms with Gasteiger partial charge in [0.05, 0.1) is 30.5 Å². The Morgan fingerprint density at radius 1 is 0.500 bits per heavy atom. The molecule has 0 bridgehead atoms. The Morgan fingerprint density at radius 2 is 0.929 bits per heavy atom. The molecule has 16 rings (SSSR count). The van der Waals surface area contributed by atoms with Crippen molar-refractivity contribution in [2.75, 3.05) is 13.7 Å². The molecule has 0 aromatic heterocycles. The molecule has 30 atom stereocenters. The number of rotatable bonds is 4. The molecule has 0 spiro atoms. The zero-order chi connectivity index (χ0) is 63.9. The number of Topliss-reactive ketones (excluding diaryl/α,β-unsaturated/α-hetero) is 2. The number of nitrogens with zero attached hydrogens (tertiary/aromatic N) is 1. The molecule has 19 heteroatoms. The molecular formula is C79H127NO14Rb4-4. The van der Waals surface area contributed by atoms with Crippen LogP contribution in [0.25, 0.3) is 0 Å². The molecule has 98 heavy (non-hydrogen) atoms. The standard InChI is InChI=1S/C21H33O3.C20H31O2.C19H30NO3.C19H29O2.4H2O.4Rb/c1-20-9-7-14(23)11-13(20)3-4-15-16-5-6-18(19(24)12-22)21(16,2)10-8-17(15)20;1-19-10-8-14(21)12-13(19)4-5-15-16-6-7-18(22-3)20(16,2)11-9-17(15)19;1-18-9-7-13(21)11-12(18)3-4-14-15-5-6-17(20(22)23)19(15,2)10-8-16(14)18;1-18-9-7-13(20)11-12(18)3-4-14-15-5-6-17(21)19(15,2)10-8-16(14)18;;;;;;;;/h13-18,22-23H,1,3-12H2,2H3;4,14-18,21H,1,5-12H2,2-3H3;12-17,21H,1,3-11H2,2H3;12-16,20H,1,3-11H2,2H3;4*1H2;;;;/q4*-1;;;;;4*+1/p-4/t13-,14+,15-,16-,17-,18+,20-,21-;14-,15+,16+,17+,18+,19+,20+;12-,13+,14-,15-,16-,17-,18-,19-;12-,13+,14-,15-,16-,18-,19-;;;;;;;;/m0100......../s1. The SMILES string of the molecule is [CH2-][C@]12CC[C@@H](O)CC1=CC[C@H]1[C@@H]3CC[C@H](OC)[C@@]3(C)CC[C@@H]12.[CH2-][C@]12CC[C@@H](O)C[C@@H]1CC[C@@H]1[C@@H]2CC[C@]2(C)C(=O)CC[C@@H]12.[CH2-][C@]12CC[C@@H](O)C[C@@H]1CC[C@@H]1[C@@H]2CC[C@]2(C)[C@@H](C(=O)CO)CC[C@@H]12.[CH2-][C@]12CC[C@@H](O)C[C@@H]1CC[C@@H]1[C@@H]2CC[C@]2(C)[C@@H]([N+](=O)[O-])CC[C@@H]12.[OH-].[OH-].[OH-].[OH-].[Rb+].[Rb+].[Rb+].[Rb+]. The topological polar surface area (TPSA) is 308 Å². The van der Waals surface area contributed by atoms with Crippen molar-refractivity contribution >= 4 is 11.6 Å².